The van der Waals surface area contributed by atoms with Crippen molar-refractivity contribution in [2.24, 2.45) is 11.1 Å². The summed E-state index contributed by atoms with van der Waals surface area (Å²) >= 11 is 1.44. The van der Waals surface area contributed by atoms with Gasteiger partial charge in [-0.25, -0.2) is 14.6 Å². The molecule has 0 atom stereocenters. The zero-order valence-electron chi connectivity index (χ0n) is 18.8. The van der Waals surface area contributed by atoms with Crippen molar-refractivity contribution in [1.29, 1.82) is 0 Å². The number of fused-ring (bicyclic) bond motifs is 1. The lowest BCUT2D eigenvalue weighted by atomic mass is 9.76. The summed E-state index contributed by atoms with van der Waals surface area (Å²) < 4.78 is 42.6. The molecule has 1 amide bonds. The van der Waals surface area contributed by atoms with E-state index in [4.69, 9.17) is 5.73 Å². The van der Waals surface area contributed by atoms with Crippen LogP contribution < -0.4 is 11.1 Å². The Bertz CT molecular complexity index is 1190. The lowest BCUT2D eigenvalue weighted by Gasteiger charge is -2.30. The highest BCUT2D eigenvalue weighted by atomic mass is 32.2. The third kappa shape index (κ3) is 5.19. The molecule has 0 spiro atoms. The Balaban J connectivity index is 1.64. The van der Waals surface area contributed by atoms with Gasteiger partial charge in [0.25, 0.3) is 5.91 Å². The first-order chi connectivity index (χ1) is 16.0. The van der Waals surface area contributed by atoms with Crippen LogP contribution in [0.3, 0.4) is 0 Å². The summed E-state index contributed by atoms with van der Waals surface area (Å²) in [5, 5.41) is 7.77. The molecule has 180 valence electrons. The van der Waals surface area contributed by atoms with Crippen molar-refractivity contribution in [1.82, 2.24) is 19.7 Å². The number of halogens is 3. The fourth-order valence-electron chi connectivity index (χ4n) is 4.09. The number of anilines is 1. The van der Waals surface area contributed by atoms with E-state index in [-0.39, 0.29) is 16.5 Å². The van der Waals surface area contributed by atoms with E-state index < -0.39 is 17.8 Å². The number of carbonyl (C=O) groups excluding carboxylic acids is 1. The zero-order valence-corrected chi connectivity index (χ0v) is 19.6. The van der Waals surface area contributed by atoms with Crippen LogP contribution in [0.1, 0.15) is 47.6 Å². The predicted octanol–water partition coefficient (Wildman–Crippen LogP) is 4.50. The van der Waals surface area contributed by atoms with Gasteiger partial charge in [-0.15, -0.1) is 0 Å². The highest BCUT2D eigenvalue weighted by molar-refractivity contribution is 7.99. The number of amides is 1. The average molecular weight is 491 g/mol. The molecule has 0 bridgehead atoms. The van der Waals surface area contributed by atoms with Gasteiger partial charge in [0.15, 0.2) is 10.9 Å². The Hall–Kier alpha value is -3.08. The first-order valence-corrected chi connectivity index (χ1v) is 11.8. The van der Waals surface area contributed by atoms with Gasteiger partial charge in [-0.1, -0.05) is 25.6 Å². The predicted molar refractivity (Wildman–Crippen MR) is 124 cm³/mol. The molecule has 3 aromatic rings. The molecule has 3 N–H and O–H groups in total. The molecule has 1 aliphatic rings. The van der Waals surface area contributed by atoms with Crippen molar-refractivity contribution in [2.45, 2.75) is 44.4 Å². The van der Waals surface area contributed by atoms with Gasteiger partial charge in [-0.05, 0) is 48.9 Å². The highest BCUT2D eigenvalue weighted by Crippen LogP contribution is 2.42. The van der Waals surface area contributed by atoms with Gasteiger partial charge in [0.05, 0.1) is 11.3 Å². The first-order valence-electron chi connectivity index (χ1n) is 10.8. The first kappa shape index (κ1) is 24.1. The summed E-state index contributed by atoms with van der Waals surface area (Å²) in [5.74, 6) is -0.0246. The number of nitrogens with zero attached hydrogens (tertiary/aromatic N) is 4. The van der Waals surface area contributed by atoms with E-state index in [1.54, 1.807) is 30.6 Å². The topological polar surface area (TPSA) is 98.7 Å². The largest absolute Gasteiger partial charge is 0.435 e. The number of nitrogens with two attached hydrogens (primary N) is 1. The van der Waals surface area contributed by atoms with Crippen molar-refractivity contribution in [3.63, 3.8) is 0 Å². The maximum atomic E-state index is 13.7. The van der Waals surface area contributed by atoms with E-state index >= 15 is 0 Å². The number of rotatable bonds is 7. The number of nitrogens with one attached hydrogen (secondary N) is 1. The van der Waals surface area contributed by atoms with Crippen LogP contribution in [0.15, 0.2) is 41.8 Å². The van der Waals surface area contributed by atoms with Crippen LogP contribution in [0.4, 0.5) is 18.9 Å². The standard InChI is InChI=1S/C23H25F3N6OS/c1-22(2)7-6-16-18(13-22)32(31-19(16)23(24,25)26)14-4-5-15(20(27)33)17(12-14)28-10-11-34-21-29-8-3-9-30-21/h3-5,8-9,12,28H,6-7,10-11,13H2,1-2H3,(H2,27,33). The molecule has 0 radical (unpaired) electrons. The Morgan fingerprint density at radius 3 is 2.68 bits per heavy atom. The Morgan fingerprint density at radius 2 is 2.00 bits per heavy atom. The number of carbonyl (C=O) groups is 1. The minimum Gasteiger partial charge on any atom is -0.383 e. The third-order valence-electron chi connectivity index (χ3n) is 5.76. The van der Waals surface area contributed by atoms with E-state index in [1.165, 1.54) is 22.5 Å². The second kappa shape index (κ2) is 9.28. The van der Waals surface area contributed by atoms with Crippen LogP contribution in [-0.4, -0.2) is 38.0 Å². The van der Waals surface area contributed by atoms with Crippen molar-refractivity contribution >= 4 is 23.4 Å². The number of hydrogen-bond acceptors (Lipinski definition) is 6. The van der Waals surface area contributed by atoms with E-state index in [9.17, 15) is 18.0 Å². The number of benzene rings is 1. The molecule has 34 heavy (non-hydrogen) atoms. The summed E-state index contributed by atoms with van der Waals surface area (Å²) in [6, 6.07) is 6.45. The van der Waals surface area contributed by atoms with Crippen molar-refractivity contribution < 1.29 is 18.0 Å². The van der Waals surface area contributed by atoms with Gasteiger partial charge in [0.1, 0.15) is 0 Å². The molecule has 4 rings (SSSR count). The van der Waals surface area contributed by atoms with Gasteiger partial charge in [0, 0.05) is 41.6 Å². The quantitative estimate of drug-likeness (QED) is 0.288. The monoisotopic (exact) mass is 490 g/mol. The molecule has 0 unspecified atom stereocenters. The molecule has 1 aromatic carbocycles. The molecule has 2 aromatic heterocycles. The maximum absolute atomic E-state index is 13.7. The molecular weight excluding hydrogens is 465 g/mol. The fourth-order valence-corrected chi connectivity index (χ4v) is 4.75. The minimum atomic E-state index is -4.54. The van der Waals surface area contributed by atoms with Crippen molar-refractivity contribution in [2.75, 3.05) is 17.6 Å². The Kier molecular flexibility index (Phi) is 6.57. The van der Waals surface area contributed by atoms with Gasteiger partial charge < -0.3 is 11.1 Å². The second-order valence-corrected chi connectivity index (χ2v) is 9.99. The molecule has 0 saturated carbocycles. The Morgan fingerprint density at radius 1 is 1.26 bits per heavy atom. The van der Waals surface area contributed by atoms with Crippen molar-refractivity contribution in [3.05, 3.63) is 59.2 Å². The third-order valence-corrected chi connectivity index (χ3v) is 6.64. The van der Waals surface area contributed by atoms with E-state index in [0.717, 1.165) is 0 Å². The van der Waals surface area contributed by atoms with Gasteiger partial charge >= 0.3 is 6.18 Å². The van der Waals surface area contributed by atoms with Crippen LogP contribution in [0.5, 0.6) is 0 Å². The normalized spacial score (nSPS) is 15.1. The molecule has 7 nitrogen and oxygen atoms in total. The fraction of sp³-hybridized carbons (Fsp3) is 0.391. The summed E-state index contributed by atoms with van der Waals surface area (Å²) in [4.78, 5) is 20.3. The maximum Gasteiger partial charge on any atom is 0.435 e. The summed E-state index contributed by atoms with van der Waals surface area (Å²) in [5.41, 5.74) is 6.48. The minimum absolute atomic E-state index is 0.140. The SMILES string of the molecule is CC1(C)CCc2c(C(F)(F)F)nn(-c3ccc(C(N)=O)c(NCCSc4ncccn4)c3)c2C1. The van der Waals surface area contributed by atoms with Crippen molar-refractivity contribution in [3.8, 4) is 5.69 Å². The van der Waals surface area contributed by atoms with Crippen LogP contribution >= 0.6 is 11.8 Å². The molecule has 1 aliphatic carbocycles. The molecule has 2 heterocycles. The van der Waals surface area contributed by atoms with Crippen LogP contribution in [0, 0.1) is 5.41 Å². The lowest BCUT2D eigenvalue weighted by Crippen LogP contribution is -2.24. The van der Waals surface area contributed by atoms with Gasteiger partial charge in [0.2, 0.25) is 0 Å². The average Bonchev–Trinajstić information content (AvgIpc) is 3.15. The lowest BCUT2D eigenvalue weighted by molar-refractivity contribution is -0.142. The van der Waals surface area contributed by atoms with E-state index in [1.807, 2.05) is 13.8 Å². The highest BCUT2D eigenvalue weighted by Gasteiger charge is 2.42. The zero-order chi connectivity index (χ0) is 24.5. The number of hydrogen-bond donors (Lipinski definition) is 2. The smallest absolute Gasteiger partial charge is 0.383 e. The Labute approximate surface area is 199 Å². The number of alkyl halides is 3. The molecular formula is C23H25F3N6OS. The van der Waals surface area contributed by atoms with E-state index in [0.29, 0.717) is 53.8 Å². The summed E-state index contributed by atoms with van der Waals surface area (Å²) in [6.07, 6.45) is 0.212. The van der Waals surface area contributed by atoms with Gasteiger partial charge in [-0.2, -0.15) is 18.3 Å². The second-order valence-electron chi connectivity index (χ2n) is 8.93. The van der Waals surface area contributed by atoms with Crippen LogP contribution in [0.25, 0.3) is 5.69 Å². The van der Waals surface area contributed by atoms with Gasteiger partial charge in [-0.3, -0.25) is 4.79 Å². The molecule has 0 fully saturated rings. The molecule has 11 heteroatoms. The van der Waals surface area contributed by atoms with Crippen LogP contribution in [-0.2, 0) is 19.0 Å². The number of primary amides is 1. The number of thioether (sulfide) groups is 1. The number of aromatic nitrogens is 4. The molecule has 0 aliphatic heterocycles. The van der Waals surface area contributed by atoms with Crippen LogP contribution in [0.2, 0.25) is 0 Å². The van der Waals surface area contributed by atoms with E-state index in [2.05, 4.69) is 20.4 Å². The summed E-state index contributed by atoms with van der Waals surface area (Å²) in [6.45, 7) is 4.54. The molecule has 0 saturated heterocycles. The summed E-state index contributed by atoms with van der Waals surface area (Å²) in [7, 11) is 0.